The molecule has 2 aromatic heterocycles. The van der Waals surface area contributed by atoms with E-state index in [-0.39, 0.29) is 34.0 Å². The van der Waals surface area contributed by atoms with Crippen molar-refractivity contribution < 1.29 is 43.3 Å². The van der Waals surface area contributed by atoms with Gasteiger partial charge in [0.2, 0.25) is 0 Å². The molecular weight excluding hydrogens is 432 g/mol. The third kappa shape index (κ3) is 3.15. The first-order valence-corrected chi connectivity index (χ1v) is 8.50. The molecule has 24 heavy (non-hydrogen) atoms. The van der Waals surface area contributed by atoms with Crippen LogP contribution in [0.2, 0.25) is 0 Å². The highest BCUT2D eigenvalue weighted by atomic mass is 79.9. The molecule has 2 aliphatic rings. The van der Waals surface area contributed by atoms with Crippen molar-refractivity contribution in [1.29, 1.82) is 0 Å². The van der Waals surface area contributed by atoms with E-state index in [2.05, 4.69) is 64.2 Å². The standard InChI is InChI=1S/C18H26N4.2BrH/c1-14(2)16-6-5-15(3)17-13-21-10-9-19-7-4-8-20(19)11-12-22(21)18(16)17;;/h4,7-8,13,15H,5-6,9-12H2,1-3H3;2*1H/q+2;;/p-2/t15-;;/m0../s1. The van der Waals surface area contributed by atoms with Gasteiger partial charge in [-0.3, -0.25) is 0 Å². The second kappa shape index (κ2) is 7.56. The summed E-state index contributed by atoms with van der Waals surface area (Å²) in [4.78, 5) is 0. The van der Waals surface area contributed by atoms with Crippen molar-refractivity contribution in [2.75, 3.05) is 0 Å². The minimum atomic E-state index is 0. The summed E-state index contributed by atoms with van der Waals surface area (Å²) >= 11 is 0. The van der Waals surface area contributed by atoms with E-state index in [9.17, 15) is 0 Å². The quantitative estimate of drug-likeness (QED) is 0.362. The van der Waals surface area contributed by atoms with E-state index in [1.165, 1.54) is 24.1 Å². The second-order valence-corrected chi connectivity index (χ2v) is 6.95. The number of halogens is 2. The number of hydrogen-bond acceptors (Lipinski definition) is 0. The van der Waals surface area contributed by atoms with Crippen molar-refractivity contribution >= 4 is 5.57 Å². The highest BCUT2D eigenvalue weighted by Gasteiger charge is 2.33. The largest absolute Gasteiger partial charge is 1.00 e. The lowest BCUT2D eigenvalue weighted by Crippen LogP contribution is -3.00. The summed E-state index contributed by atoms with van der Waals surface area (Å²) < 4.78 is 9.66. The first-order chi connectivity index (χ1) is 10.6. The summed E-state index contributed by atoms with van der Waals surface area (Å²) in [7, 11) is 0. The summed E-state index contributed by atoms with van der Waals surface area (Å²) in [5.74, 6) is 0.679. The lowest BCUT2D eigenvalue weighted by molar-refractivity contribution is -0.825. The van der Waals surface area contributed by atoms with Gasteiger partial charge in [-0.1, -0.05) is 12.5 Å². The first kappa shape index (κ1) is 19.4. The lowest BCUT2D eigenvalue weighted by atomic mass is 9.83. The zero-order chi connectivity index (χ0) is 15.3. The van der Waals surface area contributed by atoms with Gasteiger partial charge in [-0.05, 0) is 38.2 Å². The van der Waals surface area contributed by atoms with Crippen LogP contribution in [-0.4, -0.2) is 9.36 Å². The maximum Gasteiger partial charge on any atom is 0.199 e. The fourth-order valence-electron chi connectivity index (χ4n) is 4.02. The van der Waals surface area contributed by atoms with Crippen LogP contribution < -0.4 is 43.3 Å². The normalized spacial score (nSPS) is 19.0. The maximum absolute atomic E-state index is 2.54. The Bertz CT molecular complexity index is 753. The molecule has 4 nitrogen and oxygen atoms in total. The van der Waals surface area contributed by atoms with Gasteiger partial charge in [0.25, 0.3) is 0 Å². The summed E-state index contributed by atoms with van der Waals surface area (Å²) in [6.45, 7) is 11.1. The smallest absolute Gasteiger partial charge is 0.199 e. The molecule has 1 aliphatic heterocycles. The van der Waals surface area contributed by atoms with Crippen LogP contribution in [0, 0.1) is 0 Å². The van der Waals surface area contributed by atoms with Crippen LogP contribution >= 0.6 is 0 Å². The van der Waals surface area contributed by atoms with E-state index >= 15 is 0 Å². The molecule has 1 aliphatic carbocycles. The zero-order valence-corrected chi connectivity index (χ0v) is 17.8. The van der Waals surface area contributed by atoms with E-state index in [0.717, 1.165) is 26.2 Å². The fourth-order valence-corrected chi connectivity index (χ4v) is 4.02. The number of allylic oxidation sites excluding steroid dienone is 2. The van der Waals surface area contributed by atoms with E-state index < -0.39 is 0 Å². The molecule has 0 unspecified atom stereocenters. The Labute approximate surface area is 165 Å². The molecule has 0 bridgehead atoms. The van der Waals surface area contributed by atoms with Gasteiger partial charge >= 0.3 is 0 Å². The number of hydrogen-bond donors (Lipinski definition) is 0. The van der Waals surface area contributed by atoms with Crippen molar-refractivity contribution in [3.05, 3.63) is 41.5 Å². The van der Waals surface area contributed by atoms with Crippen molar-refractivity contribution in [2.45, 2.75) is 65.7 Å². The monoisotopic (exact) mass is 456 g/mol. The van der Waals surface area contributed by atoms with Gasteiger partial charge in [0.05, 0.1) is 11.8 Å². The highest BCUT2D eigenvalue weighted by molar-refractivity contribution is 5.69. The van der Waals surface area contributed by atoms with E-state index in [1.54, 1.807) is 11.1 Å². The van der Waals surface area contributed by atoms with Gasteiger partial charge in [-0.25, -0.2) is 0 Å². The number of nitrogens with zero attached hydrogens (tertiary/aromatic N) is 4. The van der Waals surface area contributed by atoms with Crippen LogP contribution in [-0.2, 0) is 26.2 Å². The Morgan fingerprint density at radius 1 is 1.12 bits per heavy atom. The predicted octanol–water partition coefficient (Wildman–Crippen LogP) is -3.72. The van der Waals surface area contributed by atoms with Gasteiger partial charge in [0.15, 0.2) is 25.5 Å². The molecule has 0 radical (unpaired) electrons. The van der Waals surface area contributed by atoms with Crippen LogP contribution in [0.3, 0.4) is 0 Å². The summed E-state index contributed by atoms with van der Waals surface area (Å²) in [5.41, 5.74) is 6.12. The minimum Gasteiger partial charge on any atom is -1.00 e. The minimum absolute atomic E-state index is 0. The second-order valence-electron chi connectivity index (χ2n) is 6.95. The molecule has 3 heterocycles. The van der Waals surface area contributed by atoms with Crippen molar-refractivity contribution in [3.63, 3.8) is 0 Å². The molecule has 0 fully saturated rings. The van der Waals surface area contributed by atoms with Crippen LogP contribution in [0.1, 0.15) is 50.8 Å². The SMILES string of the molecule is CC(C)=C1CC[C@H](C)c2c[n+]3n(c21)CC[n+]1cccn1CC3.[Br-].[Br-]. The molecule has 0 amide bonds. The number of fused-ring (bicyclic) bond motifs is 4. The van der Waals surface area contributed by atoms with Gasteiger partial charge in [-0.15, -0.1) is 14.0 Å². The van der Waals surface area contributed by atoms with Crippen molar-refractivity contribution in [2.24, 2.45) is 0 Å². The molecule has 2 aromatic rings. The molecule has 0 N–H and O–H groups in total. The third-order valence-corrected chi connectivity index (χ3v) is 5.32. The summed E-state index contributed by atoms with van der Waals surface area (Å²) in [5, 5.41) is 0. The average molecular weight is 458 g/mol. The van der Waals surface area contributed by atoms with Crippen LogP contribution in [0.5, 0.6) is 0 Å². The molecular formula is C18H26Br2N4. The Morgan fingerprint density at radius 3 is 2.62 bits per heavy atom. The Hall–Kier alpha value is -0.880. The Balaban J connectivity index is 0.00000104. The molecule has 0 spiro atoms. The average Bonchev–Trinajstić information content (AvgIpc) is 3.05. The van der Waals surface area contributed by atoms with E-state index in [0.29, 0.717) is 5.92 Å². The number of aromatic nitrogens is 4. The first-order valence-electron chi connectivity index (χ1n) is 8.50. The van der Waals surface area contributed by atoms with Crippen LogP contribution in [0.15, 0.2) is 30.2 Å². The Morgan fingerprint density at radius 2 is 1.88 bits per heavy atom. The molecule has 0 saturated carbocycles. The maximum atomic E-state index is 2.54. The molecule has 0 saturated heterocycles. The molecule has 132 valence electrons. The van der Waals surface area contributed by atoms with Crippen molar-refractivity contribution in [3.8, 4) is 0 Å². The van der Waals surface area contributed by atoms with Gasteiger partial charge < -0.3 is 34.0 Å². The van der Waals surface area contributed by atoms with E-state index in [4.69, 9.17) is 0 Å². The van der Waals surface area contributed by atoms with Gasteiger partial charge in [0, 0.05) is 6.07 Å². The topological polar surface area (TPSA) is 17.6 Å². The molecule has 0 aromatic carbocycles. The van der Waals surface area contributed by atoms with E-state index in [1.807, 2.05) is 0 Å². The van der Waals surface area contributed by atoms with Crippen LogP contribution in [0.4, 0.5) is 0 Å². The van der Waals surface area contributed by atoms with Crippen LogP contribution in [0.25, 0.3) is 5.57 Å². The number of rotatable bonds is 0. The van der Waals surface area contributed by atoms with Crippen molar-refractivity contribution in [1.82, 2.24) is 9.36 Å². The van der Waals surface area contributed by atoms with Gasteiger partial charge in [-0.2, -0.15) is 4.68 Å². The third-order valence-electron chi connectivity index (χ3n) is 5.32. The molecule has 4 rings (SSSR count). The highest BCUT2D eigenvalue weighted by Crippen LogP contribution is 2.39. The molecule has 1 atom stereocenters. The predicted molar refractivity (Wildman–Crippen MR) is 85.2 cm³/mol. The number of aryl methyl sites for hydroxylation is 3. The summed E-state index contributed by atoms with van der Waals surface area (Å²) in [6.07, 6.45) is 9.30. The molecule has 6 heteroatoms. The lowest BCUT2D eigenvalue weighted by Gasteiger charge is -2.21. The Kier molecular flexibility index (Phi) is 6.13. The fraction of sp³-hybridized carbons (Fsp3) is 0.556. The zero-order valence-electron chi connectivity index (χ0n) is 14.7. The van der Waals surface area contributed by atoms with Gasteiger partial charge in [0.1, 0.15) is 18.8 Å². The summed E-state index contributed by atoms with van der Waals surface area (Å²) in [6, 6.07) is 2.14.